The summed E-state index contributed by atoms with van der Waals surface area (Å²) < 4.78 is 5.69. The number of carbonyl (C=O) groups is 1. The molecule has 0 aromatic heterocycles. The van der Waals surface area contributed by atoms with Crippen molar-refractivity contribution in [3.8, 4) is 6.07 Å². The molecule has 0 N–H and O–H groups in total. The van der Waals surface area contributed by atoms with Gasteiger partial charge in [-0.1, -0.05) is 25.3 Å². The number of rotatable bonds is 1. The summed E-state index contributed by atoms with van der Waals surface area (Å²) in [5.41, 5.74) is 2.64. The van der Waals surface area contributed by atoms with Crippen molar-refractivity contribution in [2.45, 2.75) is 70.9 Å². The van der Waals surface area contributed by atoms with Crippen molar-refractivity contribution >= 4 is 6.09 Å². The summed E-state index contributed by atoms with van der Waals surface area (Å²) in [5, 5.41) is 9.19. The SMILES string of the molecule is CC(C)(C)OC(=O)N1CCc2cc(C#N)ccc2C1C1CCCCC1. The van der Waals surface area contributed by atoms with Crippen LogP contribution in [0.2, 0.25) is 0 Å². The second kappa shape index (κ2) is 7.07. The molecular formula is C21H28N2O2. The average molecular weight is 340 g/mol. The molecule has 1 aromatic carbocycles. The first-order valence-corrected chi connectivity index (χ1v) is 9.41. The van der Waals surface area contributed by atoms with E-state index in [1.54, 1.807) is 0 Å². The van der Waals surface area contributed by atoms with Crippen molar-refractivity contribution < 1.29 is 9.53 Å². The van der Waals surface area contributed by atoms with E-state index in [2.05, 4.69) is 12.1 Å². The molecule has 0 saturated heterocycles. The number of hydrogen-bond acceptors (Lipinski definition) is 3. The van der Waals surface area contributed by atoms with Gasteiger partial charge in [0.2, 0.25) is 0 Å². The van der Waals surface area contributed by atoms with Crippen LogP contribution < -0.4 is 0 Å². The van der Waals surface area contributed by atoms with Crippen LogP contribution >= 0.6 is 0 Å². The molecule has 1 aliphatic carbocycles. The number of amides is 1. The Morgan fingerprint density at radius 2 is 1.96 bits per heavy atom. The number of ether oxygens (including phenoxy) is 1. The van der Waals surface area contributed by atoms with Crippen molar-refractivity contribution in [2.24, 2.45) is 5.92 Å². The van der Waals surface area contributed by atoms with E-state index in [-0.39, 0.29) is 12.1 Å². The van der Waals surface area contributed by atoms with E-state index in [0.717, 1.165) is 19.3 Å². The van der Waals surface area contributed by atoms with Crippen LogP contribution in [0.3, 0.4) is 0 Å². The number of fused-ring (bicyclic) bond motifs is 1. The lowest BCUT2D eigenvalue weighted by Crippen LogP contribution is -2.45. The fourth-order valence-electron chi connectivity index (χ4n) is 4.21. The lowest BCUT2D eigenvalue weighted by Gasteiger charge is -2.43. The molecule has 1 aliphatic heterocycles. The van der Waals surface area contributed by atoms with Gasteiger partial charge in [0, 0.05) is 6.54 Å². The maximum Gasteiger partial charge on any atom is 0.410 e. The largest absolute Gasteiger partial charge is 0.444 e. The molecule has 0 spiro atoms. The maximum atomic E-state index is 12.9. The molecular weight excluding hydrogens is 312 g/mol. The monoisotopic (exact) mass is 340 g/mol. The van der Waals surface area contributed by atoms with Gasteiger partial charge in [-0.3, -0.25) is 0 Å². The van der Waals surface area contributed by atoms with Gasteiger partial charge in [0.05, 0.1) is 17.7 Å². The van der Waals surface area contributed by atoms with E-state index in [0.29, 0.717) is 18.0 Å². The fourth-order valence-corrected chi connectivity index (χ4v) is 4.21. The molecule has 1 unspecified atom stereocenters. The molecule has 1 saturated carbocycles. The van der Waals surface area contributed by atoms with Gasteiger partial charge in [-0.2, -0.15) is 5.26 Å². The van der Waals surface area contributed by atoms with Gasteiger partial charge in [-0.05, 0) is 69.2 Å². The Kier molecular flexibility index (Phi) is 5.03. The average Bonchev–Trinajstić information content (AvgIpc) is 2.59. The van der Waals surface area contributed by atoms with Crippen molar-refractivity contribution in [2.75, 3.05) is 6.54 Å². The van der Waals surface area contributed by atoms with Crippen LogP contribution in [0.5, 0.6) is 0 Å². The van der Waals surface area contributed by atoms with Crippen LogP contribution in [0.4, 0.5) is 4.79 Å². The number of carbonyl (C=O) groups excluding carboxylic acids is 1. The minimum absolute atomic E-state index is 0.0756. The first-order chi connectivity index (χ1) is 11.9. The van der Waals surface area contributed by atoms with Gasteiger partial charge in [-0.25, -0.2) is 4.79 Å². The lowest BCUT2D eigenvalue weighted by molar-refractivity contribution is 0.00399. The molecule has 4 heteroatoms. The predicted molar refractivity (Wildman–Crippen MR) is 97.1 cm³/mol. The van der Waals surface area contributed by atoms with E-state index >= 15 is 0 Å². The van der Waals surface area contributed by atoms with Crippen molar-refractivity contribution in [1.82, 2.24) is 4.90 Å². The molecule has 3 rings (SSSR count). The standard InChI is InChI=1S/C21H28N2O2/c1-21(2,3)25-20(24)23-12-11-17-13-15(14-22)9-10-18(17)19(23)16-7-5-4-6-8-16/h9-10,13,16,19H,4-8,11-12H2,1-3H3. The third-order valence-corrected chi connectivity index (χ3v) is 5.27. The Morgan fingerprint density at radius 1 is 1.24 bits per heavy atom. The third kappa shape index (κ3) is 3.98. The summed E-state index contributed by atoms with van der Waals surface area (Å²) in [6, 6.07) is 8.25. The molecule has 1 heterocycles. The lowest BCUT2D eigenvalue weighted by atomic mass is 9.77. The van der Waals surface area contributed by atoms with Gasteiger partial charge in [0.25, 0.3) is 0 Å². The van der Waals surface area contributed by atoms with Crippen LogP contribution in [0.15, 0.2) is 18.2 Å². The number of hydrogen-bond donors (Lipinski definition) is 0. The van der Waals surface area contributed by atoms with Crippen LogP contribution in [0.25, 0.3) is 0 Å². The van der Waals surface area contributed by atoms with Gasteiger partial charge < -0.3 is 9.64 Å². The van der Waals surface area contributed by atoms with E-state index in [4.69, 9.17) is 4.74 Å². The minimum atomic E-state index is -0.487. The van der Waals surface area contributed by atoms with Gasteiger partial charge >= 0.3 is 6.09 Å². The second-order valence-electron chi connectivity index (χ2n) is 8.29. The van der Waals surface area contributed by atoms with Gasteiger partial charge in [0.15, 0.2) is 0 Å². The number of nitrogens with zero attached hydrogens (tertiary/aromatic N) is 2. The summed E-state index contributed by atoms with van der Waals surface area (Å²) in [6.07, 6.45) is 6.64. The highest BCUT2D eigenvalue weighted by molar-refractivity contribution is 5.69. The zero-order valence-corrected chi connectivity index (χ0v) is 15.5. The summed E-state index contributed by atoms with van der Waals surface area (Å²) >= 11 is 0. The van der Waals surface area contributed by atoms with Crippen LogP contribution in [-0.2, 0) is 11.2 Å². The summed E-state index contributed by atoms with van der Waals surface area (Å²) in [5.74, 6) is 0.480. The molecule has 134 valence electrons. The highest BCUT2D eigenvalue weighted by Gasteiger charge is 2.38. The topological polar surface area (TPSA) is 53.3 Å². The summed E-state index contributed by atoms with van der Waals surface area (Å²) in [6.45, 7) is 6.41. The normalized spacial score (nSPS) is 21.4. The predicted octanol–water partition coefficient (Wildman–Crippen LogP) is 4.97. The van der Waals surface area contributed by atoms with Crippen molar-refractivity contribution in [3.05, 3.63) is 34.9 Å². The molecule has 0 radical (unpaired) electrons. The Labute approximate surface area is 150 Å². The number of nitriles is 1. The smallest absolute Gasteiger partial charge is 0.410 e. The van der Waals surface area contributed by atoms with E-state index in [1.807, 2.05) is 37.8 Å². The Morgan fingerprint density at radius 3 is 2.60 bits per heavy atom. The molecule has 4 nitrogen and oxygen atoms in total. The van der Waals surface area contributed by atoms with Crippen LogP contribution in [0.1, 0.15) is 75.6 Å². The Bertz CT molecular complexity index is 678. The Balaban J connectivity index is 1.95. The summed E-state index contributed by atoms with van der Waals surface area (Å²) in [4.78, 5) is 14.8. The molecule has 1 amide bonds. The molecule has 1 aromatic rings. The van der Waals surface area contributed by atoms with E-state index < -0.39 is 5.60 Å². The van der Waals surface area contributed by atoms with Crippen molar-refractivity contribution in [3.63, 3.8) is 0 Å². The first kappa shape index (κ1) is 17.8. The summed E-state index contributed by atoms with van der Waals surface area (Å²) in [7, 11) is 0. The van der Waals surface area contributed by atoms with E-state index in [1.165, 1.54) is 30.4 Å². The zero-order valence-electron chi connectivity index (χ0n) is 15.5. The molecule has 2 aliphatic rings. The molecule has 25 heavy (non-hydrogen) atoms. The highest BCUT2D eigenvalue weighted by Crippen LogP contribution is 2.42. The Hall–Kier alpha value is -2.02. The highest BCUT2D eigenvalue weighted by atomic mass is 16.6. The zero-order chi connectivity index (χ0) is 18.0. The third-order valence-electron chi connectivity index (χ3n) is 5.27. The quantitative estimate of drug-likeness (QED) is 0.725. The van der Waals surface area contributed by atoms with E-state index in [9.17, 15) is 10.1 Å². The van der Waals surface area contributed by atoms with Crippen LogP contribution in [-0.4, -0.2) is 23.1 Å². The minimum Gasteiger partial charge on any atom is -0.444 e. The molecule has 1 fully saturated rings. The molecule has 0 bridgehead atoms. The van der Waals surface area contributed by atoms with Gasteiger partial charge in [-0.15, -0.1) is 0 Å². The second-order valence-corrected chi connectivity index (χ2v) is 8.29. The first-order valence-electron chi connectivity index (χ1n) is 9.41. The molecule has 1 atom stereocenters. The van der Waals surface area contributed by atoms with Crippen LogP contribution in [0, 0.1) is 17.2 Å². The van der Waals surface area contributed by atoms with Crippen molar-refractivity contribution in [1.29, 1.82) is 5.26 Å². The fraction of sp³-hybridized carbons (Fsp3) is 0.619. The number of benzene rings is 1. The van der Waals surface area contributed by atoms with Gasteiger partial charge in [0.1, 0.15) is 5.60 Å². The maximum absolute atomic E-state index is 12.9.